The fraction of sp³-hybridized carbons (Fsp3) is 0.438. The molecule has 124 valence electrons. The summed E-state index contributed by atoms with van der Waals surface area (Å²) in [6.45, 7) is 2.46. The summed E-state index contributed by atoms with van der Waals surface area (Å²) >= 11 is 0. The van der Waals surface area contributed by atoms with E-state index in [1.807, 2.05) is 25.1 Å². The van der Waals surface area contributed by atoms with Gasteiger partial charge in [-0.1, -0.05) is 12.8 Å². The van der Waals surface area contributed by atoms with Gasteiger partial charge >= 0.3 is 0 Å². The highest BCUT2D eigenvalue weighted by Gasteiger charge is 2.34. The third kappa shape index (κ3) is 3.54. The molecule has 0 bridgehead atoms. The van der Waals surface area contributed by atoms with Crippen molar-refractivity contribution in [3.8, 4) is 5.69 Å². The van der Waals surface area contributed by atoms with Gasteiger partial charge in [-0.3, -0.25) is 4.79 Å². The number of nitrogens with one attached hydrogen (secondary N) is 1. The Bertz CT molecular complexity index is 665. The van der Waals surface area contributed by atoms with Gasteiger partial charge in [0.1, 0.15) is 12.7 Å². The number of hydrogen-bond acceptors (Lipinski definition) is 4. The Hall–Kier alpha value is -1.92. The summed E-state index contributed by atoms with van der Waals surface area (Å²) in [5.74, 6) is -0.0550. The average molecular weight is 336 g/mol. The lowest BCUT2D eigenvalue weighted by atomic mass is 9.97. The molecule has 3 N–H and O–H groups in total. The van der Waals surface area contributed by atoms with Crippen LogP contribution in [0.2, 0.25) is 0 Å². The second-order valence-corrected chi connectivity index (χ2v) is 5.99. The maximum atomic E-state index is 12.5. The smallest absolute Gasteiger partial charge is 0.251 e. The number of aromatic nitrogens is 3. The van der Waals surface area contributed by atoms with Crippen LogP contribution in [-0.4, -0.2) is 32.8 Å². The molecule has 1 aromatic heterocycles. The summed E-state index contributed by atoms with van der Waals surface area (Å²) in [6.07, 6.45) is 7.31. The van der Waals surface area contributed by atoms with Gasteiger partial charge in [0.05, 0.1) is 11.2 Å². The molecule has 0 radical (unpaired) electrons. The molecule has 3 rings (SSSR count). The Kier molecular flexibility index (Phi) is 5.38. The van der Waals surface area contributed by atoms with E-state index in [2.05, 4.69) is 15.4 Å². The molecular formula is C16H22ClN5O. The van der Waals surface area contributed by atoms with Crippen LogP contribution in [0.25, 0.3) is 5.69 Å². The standard InChI is InChI=1S/C16H21N5O.ClH/c1-12-8-13(4-5-14(12)21-11-18-10-19-21)15(22)20-16(9-17)6-2-3-7-16;/h4-5,8,10-11H,2-3,6-7,9,17H2,1H3,(H,20,22);1H. The van der Waals surface area contributed by atoms with E-state index in [0.29, 0.717) is 12.1 Å². The van der Waals surface area contributed by atoms with Crippen molar-refractivity contribution in [2.45, 2.75) is 38.1 Å². The number of rotatable bonds is 4. The second-order valence-electron chi connectivity index (χ2n) is 5.99. The Labute approximate surface area is 141 Å². The van der Waals surface area contributed by atoms with Crippen LogP contribution in [0.4, 0.5) is 0 Å². The highest BCUT2D eigenvalue weighted by atomic mass is 35.5. The Morgan fingerprint density at radius 2 is 2.13 bits per heavy atom. The molecule has 1 amide bonds. The number of amides is 1. The molecule has 0 saturated heterocycles. The van der Waals surface area contributed by atoms with Crippen LogP contribution in [0.1, 0.15) is 41.6 Å². The van der Waals surface area contributed by atoms with Crippen LogP contribution in [0.5, 0.6) is 0 Å². The van der Waals surface area contributed by atoms with E-state index >= 15 is 0 Å². The van der Waals surface area contributed by atoms with Gasteiger partial charge in [-0.05, 0) is 43.5 Å². The van der Waals surface area contributed by atoms with Crippen LogP contribution >= 0.6 is 12.4 Å². The van der Waals surface area contributed by atoms with Crippen LogP contribution in [0, 0.1) is 6.92 Å². The Morgan fingerprint density at radius 1 is 1.39 bits per heavy atom. The van der Waals surface area contributed by atoms with Crippen LogP contribution in [0.15, 0.2) is 30.9 Å². The van der Waals surface area contributed by atoms with Gasteiger partial charge in [-0.15, -0.1) is 12.4 Å². The number of halogens is 1. The molecule has 1 heterocycles. The molecule has 6 nitrogen and oxygen atoms in total. The molecule has 0 aliphatic heterocycles. The molecule has 0 unspecified atom stereocenters. The monoisotopic (exact) mass is 335 g/mol. The first-order valence-electron chi connectivity index (χ1n) is 7.62. The third-order valence-electron chi connectivity index (χ3n) is 4.45. The number of hydrogen-bond donors (Lipinski definition) is 2. The van der Waals surface area contributed by atoms with Crippen molar-refractivity contribution in [2.75, 3.05) is 6.54 Å². The zero-order valence-corrected chi connectivity index (χ0v) is 14.0. The van der Waals surface area contributed by atoms with Gasteiger partial charge in [-0.25, -0.2) is 9.67 Å². The average Bonchev–Trinajstić information content (AvgIpc) is 3.19. The van der Waals surface area contributed by atoms with Crippen LogP contribution < -0.4 is 11.1 Å². The van der Waals surface area contributed by atoms with E-state index in [0.717, 1.165) is 36.9 Å². The molecule has 1 fully saturated rings. The van der Waals surface area contributed by atoms with Crippen molar-refractivity contribution < 1.29 is 4.79 Å². The summed E-state index contributed by atoms with van der Waals surface area (Å²) in [5, 5.41) is 7.26. The minimum atomic E-state index is -0.227. The number of carbonyl (C=O) groups is 1. The molecule has 1 aromatic carbocycles. The molecule has 2 aromatic rings. The van der Waals surface area contributed by atoms with Crippen molar-refractivity contribution in [3.05, 3.63) is 42.0 Å². The predicted molar refractivity (Wildman–Crippen MR) is 91.1 cm³/mol. The van der Waals surface area contributed by atoms with E-state index in [1.165, 1.54) is 6.33 Å². The van der Waals surface area contributed by atoms with E-state index in [1.54, 1.807) is 11.0 Å². The summed E-state index contributed by atoms with van der Waals surface area (Å²) in [6, 6.07) is 5.59. The SMILES string of the molecule is Cc1cc(C(=O)NC2(CN)CCCC2)ccc1-n1cncn1.Cl. The summed E-state index contributed by atoms with van der Waals surface area (Å²) in [4.78, 5) is 16.5. The van der Waals surface area contributed by atoms with E-state index < -0.39 is 0 Å². The first kappa shape index (κ1) is 17.4. The van der Waals surface area contributed by atoms with Gasteiger partial charge < -0.3 is 11.1 Å². The van der Waals surface area contributed by atoms with Crippen molar-refractivity contribution in [2.24, 2.45) is 5.73 Å². The van der Waals surface area contributed by atoms with Crippen LogP contribution in [-0.2, 0) is 0 Å². The maximum absolute atomic E-state index is 12.5. The number of carbonyl (C=O) groups excluding carboxylic acids is 1. The largest absolute Gasteiger partial charge is 0.345 e. The van der Waals surface area contributed by atoms with Gasteiger partial charge in [-0.2, -0.15) is 5.10 Å². The lowest BCUT2D eigenvalue weighted by Gasteiger charge is -2.28. The second kappa shape index (κ2) is 7.10. The molecular weight excluding hydrogens is 314 g/mol. The van der Waals surface area contributed by atoms with Crippen molar-refractivity contribution in [3.63, 3.8) is 0 Å². The van der Waals surface area contributed by atoms with Crippen molar-refractivity contribution in [1.29, 1.82) is 0 Å². The van der Waals surface area contributed by atoms with Gasteiger partial charge in [0.2, 0.25) is 0 Å². The molecule has 1 saturated carbocycles. The first-order chi connectivity index (χ1) is 10.6. The van der Waals surface area contributed by atoms with Gasteiger partial charge in [0, 0.05) is 12.1 Å². The minimum absolute atomic E-state index is 0. The summed E-state index contributed by atoms with van der Waals surface area (Å²) in [5.41, 5.74) is 8.21. The van der Waals surface area contributed by atoms with E-state index in [-0.39, 0.29) is 23.9 Å². The molecule has 23 heavy (non-hydrogen) atoms. The number of aryl methyl sites for hydroxylation is 1. The van der Waals surface area contributed by atoms with Gasteiger partial charge in [0.15, 0.2) is 0 Å². The Balaban J connectivity index is 0.00000192. The fourth-order valence-electron chi connectivity index (χ4n) is 3.13. The number of benzene rings is 1. The molecule has 0 atom stereocenters. The molecule has 0 spiro atoms. The lowest BCUT2D eigenvalue weighted by molar-refractivity contribution is 0.0903. The predicted octanol–water partition coefficient (Wildman–Crippen LogP) is 2.00. The first-order valence-corrected chi connectivity index (χ1v) is 7.62. The minimum Gasteiger partial charge on any atom is -0.345 e. The molecule has 7 heteroatoms. The topological polar surface area (TPSA) is 85.8 Å². The van der Waals surface area contributed by atoms with E-state index in [4.69, 9.17) is 5.73 Å². The summed E-state index contributed by atoms with van der Waals surface area (Å²) in [7, 11) is 0. The summed E-state index contributed by atoms with van der Waals surface area (Å²) < 4.78 is 1.69. The lowest BCUT2D eigenvalue weighted by Crippen LogP contribution is -2.51. The Morgan fingerprint density at radius 3 is 2.70 bits per heavy atom. The number of nitrogens with two attached hydrogens (primary N) is 1. The van der Waals surface area contributed by atoms with Crippen molar-refractivity contribution in [1.82, 2.24) is 20.1 Å². The highest BCUT2D eigenvalue weighted by Crippen LogP contribution is 2.29. The normalized spacial score (nSPS) is 15.9. The van der Waals surface area contributed by atoms with E-state index in [9.17, 15) is 4.79 Å². The number of nitrogens with zero attached hydrogens (tertiary/aromatic N) is 3. The zero-order chi connectivity index (χ0) is 15.6. The molecule has 1 aliphatic carbocycles. The quantitative estimate of drug-likeness (QED) is 0.894. The maximum Gasteiger partial charge on any atom is 0.251 e. The third-order valence-corrected chi connectivity index (χ3v) is 4.45. The molecule has 1 aliphatic rings. The van der Waals surface area contributed by atoms with Crippen LogP contribution in [0.3, 0.4) is 0 Å². The fourth-order valence-corrected chi connectivity index (χ4v) is 3.13. The van der Waals surface area contributed by atoms with Gasteiger partial charge in [0.25, 0.3) is 5.91 Å². The highest BCUT2D eigenvalue weighted by molar-refractivity contribution is 5.95. The van der Waals surface area contributed by atoms with Crippen molar-refractivity contribution >= 4 is 18.3 Å². The zero-order valence-electron chi connectivity index (χ0n) is 13.2.